The molecule has 0 aromatic carbocycles. The van der Waals surface area contributed by atoms with Gasteiger partial charge < -0.3 is 15.2 Å². The van der Waals surface area contributed by atoms with Gasteiger partial charge in [-0.3, -0.25) is 0 Å². The SMILES string of the molecule is CC(C)OCCNc1nc2c(cc1C(=O)O)CCC2. The normalized spacial score (nSPS) is 13.6. The lowest BCUT2D eigenvalue weighted by molar-refractivity contribution is 0.0696. The van der Waals surface area contributed by atoms with Crippen molar-refractivity contribution in [3.05, 3.63) is 22.9 Å². The Hall–Kier alpha value is -1.62. The molecule has 19 heavy (non-hydrogen) atoms. The maximum Gasteiger partial charge on any atom is 0.339 e. The maximum atomic E-state index is 11.3. The second kappa shape index (κ2) is 6.02. The summed E-state index contributed by atoms with van der Waals surface area (Å²) in [5.74, 6) is -0.477. The van der Waals surface area contributed by atoms with Gasteiger partial charge in [-0.05, 0) is 44.7 Å². The van der Waals surface area contributed by atoms with Crippen LogP contribution in [0.25, 0.3) is 0 Å². The van der Waals surface area contributed by atoms with Gasteiger partial charge in [0.1, 0.15) is 11.4 Å². The Balaban J connectivity index is 2.08. The van der Waals surface area contributed by atoms with Gasteiger partial charge in [-0.1, -0.05) is 0 Å². The number of hydrogen-bond acceptors (Lipinski definition) is 4. The Kier molecular flexibility index (Phi) is 4.37. The van der Waals surface area contributed by atoms with Gasteiger partial charge in [-0.15, -0.1) is 0 Å². The summed E-state index contributed by atoms with van der Waals surface area (Å²) in [7, 11) is 0. The van der Waals surface area contributed by atoms with E-state index in [1.807, 2.05) is 13.8 Å². The first kappa shape index (κ1) is 13.8. The number of fused-ring (bicyclic) bond motifs is 1. The molecule has 1 heterocycles. The summed E-state index contributed by atoms with van der Waals surface area (Å²) >= 11 is 0. The van der Waals surface area contributed by atoms with E-state index in [4.69, 9.17) is 4.74 Å². The van der Waals surface area contributed by atoms with Crippen molar-refractivity contribution < 1.29 is 14.6 Å². The number of hydrogen-bond donors (Lipinski definition) is 2. The molecule has 0 radical (unpaired) electrons. The topological polar surface area (TPSA) is 71.5 Å². The second-order valence-corrected chi connectivity index (χ2v) is 5.00. The van der Waals surface area contributed by atoms with Crippen LogP contribution >= 0.6 is 0 Å². The van der Waals surface area contributed by atoms with E-state index in [0.29, 0.717) is 19.0 Å². The molecule has 0 saturated heterocycles. The Bertz CT molecular complexity index is 472. The molecular formula is C14H20N2O3. The van der Waals surface area contributed by atoms with E-state index in [-0.39, 0.29) is 11.7 Å². The van der Waals surface area contributed by atoms with E-state index in [1.165, 1.54) is 0 Å². The third-order valence-electron chi connectivity index (χ3n) is 3.13. The zero-order chi connectivity index (χ0) is 13.8. The Labute approximate surface area is 113 Å². The molecule has 0 bridgehead atoms. The lowest BCUT2D eigenvalue weighted by atomic mass is 10.1. The van der Waals surface area contributed by atoms with Crippen LogP contribution in [0.5, 0.6) is 0 Å². The third kappa shape index (κ3) is 3.44. The maximum absolute atomic E-state index is 11.3. The van der Waals surface area contributed by atoms with Gasteiger partial charge in [0.15, 0.2) is 0 Å². The molecular weight excluding hydrogens is 244 g/mol. The van der Waals surface area contributed by atoms with Crippen LogP contribution in [0.1, 0.15) is 41.9 Å². The van der Waals surface area contributed by atoms with Crippen LogP contribution in [-0.2, 0) is 17.6 Å². The van der Waals surface area contributed by atoms with Crippen LogP contribution in [0.3, 0.4) is 0 Å². The van der Waals surface area contributed by atoms with Gasteiger partial charge in [0, 0.05) is 12.2 Å². The summed E-state index contributed by atoms with van der Waals surface area (Å²) < 4.78 is 5.42. The Morgan fingerprint density at radius 2 is 2.32 bits per heavy atom. The van der Waals surface area contributed by atoms with Crippen LogP contribution in [0.2, 0.25) is 0 Å². The molecule has 104 valence electrons. The van der Waals surface area contributed by atoms with Crippen molar-refractivity contribution in [2.75, 3.05) is 18.5 Å². The number of aryl methyl sites for hydroxylation is 2. The number of nitrogens with zero attached hydrogens (tertiary/aromatic N) is 1. The summed E-state index contributed by atoms with van der Waals surface area (Å²) in [6.07, 6.45) is 3.10. The predicted molar refractivity (Wildman–Crippen MR) is 72.8 cm³/mol. The van der Waals surface area contributed by atoms with E-state index in [1.54, 1.807) is 6.07 Å². The smallest absolute Gasteiger partial charge is 0.339 e. The standard InChI is InChI=1S/C14H20N2O3/c1-9(2)19-7-6-15-13-11(14(17)18)8-10-4-3-5-12(10)16-13/h8-9H,3-7H2,1-2H3,(H,15,16)(H,17,18). The fraction of sp³-hybridized carbons (Fsp3) is 0.571. The number of aromatic carboxylic acids is 1. The number of rotatable bonds is 6. The highest BCUT2D eigenvalue weighted by molar-refractivity contribution is 5.93. The van der Waals surface area contributed by atoms with Gasteiger partial charge in [0.2, 0.25) is 0 Å². The van der Waals surface area contributed by atoms with Crippen LogP contribution in [0.15, 0.2) is 6.07 Å². The molecule has 0 amide bonds. The van der Waals surface area contributed by atoms with E-state index in [9.17, 15) is 9.90 Å². The number of carbonyl (C=O) groups is 1. The number of pyridine rings is 1. The molecule has 2 N–H and O–H groups in total. The van der Waals surface area contributed by atoms with Crippen molar-refractivity contribution in [3.63, 3.8) is 0 Å². The molecule has 0 atom stereocenters. The highest BCUT2D eigenvalue weighted by atomic mass is 16.5. The third-order valence-corrected chi connectivity index (χ3v) is 3.13. The van der Waals surface area contributed by atoms with Crippen molar-refractivity contribution in [2.45, 2.75) is 39.2 Å². The minimum atomic E-state index is -0.936. The number of nitrogens with one attached hydrogen (secondary N) is 1. The van der Waals surface area contributed by atoms with Crippen molar-refractivity contribution >= 4 is 11.8 Å². The molecule has 0 saturated carbocycles. The van der Waals surface area contributed by atoms with E-state index in [0.717, 1.165) is 30.5 Å². The van der Waals surface area contributed by atoms with Crippen LogP contribution in [0.4, 0.5) is 5.82 Å². The summed E-state index contributed by atoms with van der Waals surface area (Å²) in [5, 5.41) is 12.3. The summed E-state index contributed by atoms with van der Waals surface area (Å²) in [5.41, 5.74) is 2.35. The zero-order valence-corrected chi connectivity index (χ0v) is 11.4. The first-order valence-electron chi connectivity index (χ1n) is 6.69. The van der Waals surface area contributed by atoms with Crippen molar-refractivity contribution in [1.82, 2.24) is 4.98 Å². The lowest BCUT2D eigenvalue weighted by Gasteiger charge is -2.12. The summed E-state index contributed by atoms with van der Waals surface area (Å²) in [6, 6.07) is 1.75. The van der Waals surface area contributed by atoms with Crippen LogP contribution < -0.4 is 5.32 Å². The highest BCUT2D eigenvalue weighted by Gasteiger charge is 2.19. The van der Waals surface area contributed by atoms with Gasteiger partial charge in [-0.25, -0.2) is 9.78 Å². The average molecular weight is 264 g/mol. The summed E-state index contributed by atoms with van der Waals surface area (Å²) in [6.45, 7) is 5.03. The molecule has 1 aromatic rings. The monoisotopic (exact) mass is 264 g/mol. The molecule has 1 aromatic heterocycles. The highest BCUT2D eigenvalue weighted by Crippen LogP contribution is 2.25. The molecule has 0 fully saturated rings. The first-order chi connectivity index (χ1) is 9.08. The van der Waals surface area contributed by atoms with Crippen molar-refractivity contribution in [3.8, 4) is 0 Å². The number of anilines is 1. The fourth-order valence-electron chi connectivity index (χ4n) is 2.23. The molecule has 5 heteroatoms. The second-order valence-electron chi connectivity index (χ2n) is 5.00. The predicted octanol–water partition coefficient (Wildman–Crippen LogP) is 2.11. The number of aromatic nitrogens is 1. The summed E-state index contributed by atoms with van der Waals surface area (Å²) in [4.78, 5) is 15.7. The van der Waals surface area contributed by atoms with Crippen LogP contribution in [-0.4, -0.2) is 35.3 Å². The quantitative estimate of drug-likeness (QED) is 0.770. The minimum Gasteiger partial charge on any atom is -0.478 e. The lowest BCUT2D eigenvalue weighted by Crippen LogP contribution is -2.16. The van der Waals surface area contributed by atoms with Crippen molar-refractivity contribution in [2.24, 2.45) is 0 Å². The Morgan fingerprint density at radius 3 is 3.00 bits per heavy atom. The van der Waals surface area contributed by atoms with Gasteiger partial charge in [0.05, 0.1) is 12.7 Å². The molecule has 0 spiro atoms. The molecule has 1 aliphatic carbocycles. The van der Waals surface area contributed by atoms with Gasteiger partial charge >= 0.3 is 5.97 Å². The van der Waals surface area contributed by atoms with E-state index >= 15 is 0 Å². The molecule has 0 aliphatic heterocycles. The van der Waals surface area contributed by atoms with Gasteiger partial charge in [-0.2, -0.15) is 0 Å². The van der Waals surface area contributed by atoms with E-state index < -0.39 is 5.97 Å². The number of carboxylic acid groups (broad SMARTS) is 1. The average Bonchev–Trinajstić information content (AvgIpc) is 2.80. The van der Waals surface area contributed by atoms with Crippen LogP contribution in [0, 0.1) is 0 Å². The zero-order valence-electron chi connectivity index (χ0n) is 11.4. The fourth-order valence-corrected chi connectivity index (χ4v) is 2.23. The minimum absolute atomic E-state index is 0.175. The largest absolute Gasteiger partial charge is 0.478 e. The number of ether oxygens (including phenoxy) is 1. The molecule has 1 aliphatic rings. The van der Waals surface area contributed by atoms with E-state index in [2.05, 4.69) is 10.3 Å². The van der Waals surface area contributed by atoms with Crippen molar-refractivity contribution in [1.29, 1.82) is 0 Å². The first-order valence-corrected chi connectivity index (χ1v) is 6.69. The Morgan fingerprint density at radius 1 is 1.53 bits per heavy atom. The molecule has 5 nitrogen and oxygen atoms in total. The molecule has 0 unspecified atom stereocenters. The van der Waals surface area contributed by atoms with Gasteiger partial charge in [0.25, 0.3) is 0 Å². The molecule has 2 rings (SSSR count). The number of carboxylic acids is 1.